The smallest absolute Gasteiger partial charge is 0.404 e. The van der Waals surface area contributed by atoms with Gasteiger partial charge in [0.1, 0.15) is 11.9 Å². The highest BCUT2D eigenvalue weighted by atomic mass is 16.6. The number of nitrogen functional groups attached to an aromatic ring is 2. The molecule has 176 valence electrons. The van der Waals surface area contributed by atoms with Gasteiger partial charge in [-0.25, -0.2) is 9.78 Å². The summed E-state index contributed by atoms with van der Waals surface area (Å²) in [7, 11) is 0. The molecule has 10 heteroatoms. The van der Waals surface area contributed by atoms with Gasteiger partial charge in [0, 0.05) is 30.1 Å². The number of carbonyl (C=O) groups is 1. The van der Waals surface area contributed by atoms with Crippen molar-refractivity contribution in [3.63, 3.8) is 0 Å². The molecule has 1 saturated heterocycles. The van der Waals surface area contributed by atoms with Crippen molar-refractivity contribution < 1.29 is 9.53 Å². The molecule has 0 spiro atoms. The monoisotopic (exact) mass is 452 g/mol. The number of nitrogens with two attached hydrogens (primary N) is 3. The minimum absolute atomic E-state index is 0.103. The summed E-state index contributed by atoms with van der Waals surface area (Å²) in [6.07, 6.45) is 8.71. The van der Waals surface area contributed by atoms with Crippen LogP contribution in [0.15, 0.2) is 24.3 Å². The lowest BCUT2D eigenvalue weighted by Gasteiger charge is -2.28. The van der Waals surface area contributed by atoms with Crippen molar-refractivity contribution >= 4 is 34.6 Å². The number of piperidine rings is 1. The molecular weight excluding hydrogens is 420 g/mol. The summed E-state index contributed by atoms with van der Waals surface area (Å²) in [5.41, 5.74) is 19.3. The number of amides is 1. The highest BCUT2D eigenvalue weighted by molar-refractivity contribution is 5.91. The van der Waals surface area contributed by atoms with Crippen LogP contribution in [0, 0.1) is 0 Å². The molecule has 2 aromatic heterocycles. The number of aromatic amines is 1. The summed E-state index contributed by atoms with van der Waals surface area (Å²) in [6.45, 7) is 2.04. The third-order valence-corrected chi connectivity index (χ3v) is 6.13. The minimum atomic E-state index is -0.632. The second kappa shape index (κ2) is 10.4. The molecule has 3 aromatic rings. The topological polar surface area (TPSA) is 162 Å². The molecular formula is C23H32N8O2. The van der Waals surface area contributed by atoms with Crippen LogP contribution in [-0.4, -0.2) is 45.5 Å². The third kappa shape index (κ3) is 5.82. The second-order valence-corrected chi connectivity index (χ2v) is 8.58. The lowest BCUT2D eigenvalue weighted by atomic mass is 9.98. The predicted molar refractivity (Wildman–Crippen MR) is 130 cm³/mol. The van der Waals surface area contributed by atoms with Gasteiger partial charge in [-0.15, -0.1) is 0 Å². The number of H-pyrrole nitrogens is 1. The molecule has 1 aliphatic carbocycles. The summed E-state index contributed by atoms with van der Waals surface area (Å²) in [5, 5.41) is 7.87. The van der Waals surface area contributed by atoms with Gasteiger partial charge < -0.3 is 26.8 Å². The number of ether oxygens (including phenoxy) is 1. The van der Waals surface area contributed by atoms with Gasteiger partial charge >= 0.3 is 6.09 Å². The molecule has 1 aromatic carbocycles. The van der Waals surface area contributed by atoms with E-state index in [9.17, 15) is 4.79 Å². The summed E-state index contributed by atoms with van der Waals surface area (Å²) in [5.74, 6) is 1.70. The van der Waals surface area contributed by atoms with Gasteiger partial charge in [0.25, 0.3) is 0 Å². The molecule has 33 heavy (non-hydrogen) atoms. The molecule has 1 aliphatic heterocycles. The van der Waals surface area contributed by atoms with E-state index in [0.717, 1.165) is 66.8 Å². The zero-order valence-corrected chi connectivity index (χ0v) is 18.8. The molecule has 0 bridgehead atoms. The van der Waals surface area contributed by atoms with Gasteiger partial charge in [-0.05, 0) is 57.1 Å². The third-order valence-electron chi connectivity index (χ3n) is 6.13. The van der Waals surface area contributed by atoms with Crippen LogP contribution >= 0.6 is 0 Å². The molecule has 2 fully saturated rings. The van der Waals surface area contributed by atoms with Gasteiger partial charge in [-0.3, -0.25) is 5.10 Å². The Morgan fingerprint density at radius 2 is 1.73 bits per heavy atom. The summed E-state index contributed by atoms with van der Waals surface area (Å²) in [4.78, 5) is 21.3. The van der Waals surface area contributed by atoms with Crippen molar-refractivity contribution in [1.29, 1.82) is 0 Å². The van der Waals surface area contributed by atoms with Gasteiger partial charge in [-0.2, -0.15) is 10.1 Å². The summed E-state index contributed by atoms with van der Waals surface area (Å²) >= 11 is 0. The zero-order valence-electron chi connectivity index (χ0n) is 18.8. The number of anilines is 3. The van der Waals surface area contributed by atoms with E-state index in [1.54, 1.807) is 0 Å². The fourth-order valence-corrected chi connectivity index (χ4v) is 4.43. The van der Waals surface area contributed by atoms with Crippen LogP contribution in [-0.2, 0) is 4.74 Å². The van der Waals surface area contributed by atoms with E-state index in [-0.39, 0.29) is 6.10 Å². The number of rotatable bonds is 3. The van der Waals surface area contributed by atoms with E-state index < -0.39 is 6.09 Å². The molecule has 0 radical (unpaired) electrons. The largest absolute Gasteiger partial charge is 0.446 e. The van der Waals surface area contributed by atoms with Crippen LogP contribution < -0.4 is 22.1 Å². The Labute approximate surface area is 192 Å². The van der Waals surface area contributed by atoms with Crippen molar-refractivity contribution in [2.24, 2.45) is 5.73 Å². The van der Waals surface area contributed by atoms with Crippen molar-refractivity contribution in [3.05, 3.63) is 24.3 Å². The maximum Gasteiger partial charge on any atom is 0.404 e. The van der Waals surface area contributed by atoms with Gasteiger partial charge in [0.05, 0.1) is 11.2 Å². The van der Waals surface area contributed by atoms with Gasteiger partial charge in [-0.1, -0.05) is 12.5 Å². The van der Waals surface area contributed by atoms with E-state index in [4.69, 9.17) is 21.9 Å². The average molecular weight is 453 g/mol. The first-order valence-electron chi connectivity index (χ1n) is 11.6. The first-order valence-corrected chi connectivity index (χ1v) is 11.6. The molecule has 2 aliphatic rings. The Bertz CT molecular complexity index is 1090. The van der Waals surface area contributed by atoms with Crippen LogP contribution in [0.1, 0.15) is 51.4 Å². The quantitative estimate of drug-likeness (QED) is 0.468. The molecule has 1 amide bonds. The number of hydrogen-bond donors (Lipinski definition) is 4. The van der Waals surface area contributed by atoms with Gasteiger partial charge in [0.2, 0.25) is 5.95 Å². The number of carbonyl (C=O) groups excluding carboxylic acids is 1. The highest BCUT2D eigenvalue weighted by Gasteiger charge is 2.16. The molecule has 0 unspecified atom stereocenters. The predicted octanol–water partition coefficient (Wildman–Crippen LogP) is 3.59. The Balaban J connectivity index is 0.000000219. The Hall–Kier alpha value is -3.56. The lowest BCUT2D eigenvalue weighted by Crippen LogP contribution is -2.30. The zero-order chi connectivity index (χ0) is 23.2. The molecule has 10 nitrogen and oxygen atoms in total. The van der Waals surface area contributed by atoms with Crippen LogP contribution in [0.4, 0.5) is 22.4 Å². The maximum atomic E-state index is 10.3. The average Bonchev–Trinajstić information content (AvgIpc) is 3.20. The SMILES string of the molecule is NC(=O)OC1CCCCC1.Nc1nc(-c2ccc3c(N)n[nH]c3c2)cc(N2CCCCC2)n1. The van der Waals surface area contributed by atoms with Crippen molar-refractivity contribution in [2.75, 3.05) is 29.5 Å². The van der Waals surface area contributed by atoms with Crippen molar-refractivity contribution in [2.45, 2.75) is 57.5 Å². The molecule has 3 heterocycles. The van der Waals surface area contributed by atoms with E-state index in [2.05, 4.69) is 25.1 Å². The van der Waals surface area contributed by atoms with E-state index >= 15 is 0 Å². The summed E-state index contributed by atoms with van der Waals surface area (Å²) in [6, 6.07) is 7.92. The van der Waals surface area contributed by atoms with Crippen LogP contribution in [0.5, 0.6) is 0 Å². The maximum absolute atomic E-state index is 10.3. The van der Waals surface area contributed by atoms with Crippen molar-refractivity contribution in [1.82, 2.24) is 20.2 Å². The number of nitrogens with one attached hydrogen (secondary N) is 1. The Morgan fingerprint density at radius 1 is 1.00 bits per heavy atom. The molecule has 1 saturated carbocycles. The van der Waals surface area contributed by atoms with Crippen LogP contribution in [0.2, 0.25) is 0 Å². The first-order chi connectivity index (χ1) is 16.0. The molecule has 5 rings (SSSR count). The second-order valence-electron chi connectivity index (χ2n) is 8.58. The lowest BCUT2D eigenvalue weighted by molar-refractivity contribution is 0.0829. The number of primary amides is 1. The Morgan fingerprint density at radius 3 is 2.45 bits per heavy atom. The van der Waals surface area contributed by atoms with E-state index in [1.807, 2.05) is 24.3 Å². The molecule has 0 atom stereocenters. The number of aromatic nitrogens is 4. The van der Waals surface area contributed by atoms with Crippen LogP contribution in [0.25, 0.3) is 22.2 Å². The number of fused-ring (bicyclic) bond motifs is 1. The number of benzene rings is 1. The van der Waals surface area contributed by atoms with E-state index in [0.29, 0.717) is 11.8 Å². The van der Waals surface area contributed by atoms with Crippen LogP contribution in [0.3, 0.4) is 0 Å². The number of nitrogens with zero attached hydrogens (tertiary/aromatic N) is 4. The number of hydrogen-bond acceptors (Lipinski definition) is 8. The van der Waals surface area contributed by atoms with Crippen molar-refractivity contribution in [3.8, 4) is 11.3 Å². The fraction of sp³-hybridized carbons (Fsp3) is 0.478. The first kappa shape index (κ1) is 22.6. The van der Waals surface area contributed by atoms with Gasteiger partial charge in [0.15, 0.2) is 5.82 Å². The fourth-order valence-electron chi connectivity index (χ4n) is 4.43. The van der Waals surface area contributed by atoms with E-state index in [1.165, 1.54) is 25.7 Å². The molecule has 7 N–H and O–H groups in total. The highest BCUT2D eigenvalue weighted by Crippen LogP contribution is 2.28. The minimum Gasteiger partial charge on any atom is -0.446 e. The normalized spacial score (nSPS) is 16.8. The Kier molecular flexibility index (Phi) is 7.11. The standard InChI is InChI=1S/C16H19N7.C7H13NO2/c17-15-11-5-4-10(8-13(11)21-22-15)12-9-14(20-16(18)19-12)23-6-2-1-3-7-23;8-7(9)10-6-4-2-1-3-5-6/h4-5,8-9H,1-3,6-7H2,(H3,17,21,22)(H2,18,19,20);6H,1-5H2,(H2,8,9). The summed E-state index contributed by atoms with van der Waals surface area (Å²) < 4.78 is 4.83.